The zero-order valence-corrected chi connectivity index (χ0v) is 19.5. The van der Waals surface area contributed by atoms with Gasteiger partial charge in [0.2, 0.25) is 5.91 Å². The molecule has 0 unspecified atom stereocenters. The van der Waals surface area contributed by atoms with Gasteiger partial charge in [0.15, 0.2) is 5.78 Å². The molecular weight excluding hydrogens is 419 g/mol. The van der Waals surface area contributed by atoms with Crippen molar-refractivity contribution in [2.24, 2.45) is 11.3 Å². The fourth-order valence-corrected chi connectivity index (χ4v) is 4.17. The number of nitrogens with one attached hydrogen (secondary N) is 1. The molecule has 31 heavy (non-hydrogen) atoms. The van der Waals surface area contributed by atoms with Gasteiger partial charge >= 0.3 is 0 Å². The summed E-state index contributed by atoms with van der Waals surface area (Å²) in [5.74, 6) is -0.798. The lowest BCUT2D eigenvalue weighted by molar-refractivity contribution is -0.127. The first kappa shape index (κ1) is 23.4. The number of ketones is 1. The molecular formula is C23H30ClFN4O2. The highest BCUT2D eigenvalue weighted by Crippen LogP contribution is 2.33. The molecule has 8 heteroatoms. The molecule has 0 aliphatic carbocycles. The van der Waals surface area contributed by atoms with Crippen LogP contribution in [0.4, 0.5) is 4.39 Å². The van der Waals surface area contributed by atoms with Crippen molar-refractivity contribution < 1.29 is 14.0 Å². The second-order valence-corrected chi connectivity index (χ2v) is 9.67. The van der Waals surface area contributed by atoms with Crippen LogP contribution in [0.3, 0.4) is 0 Å². The van der Waals surface area contributed by atoms with Gasteiger partial charge in [-0.3, -0.25) is 9.59 Å². The molecule has 1 aromatic heterocycles. The number of halogens is 2. The minimum absolute atomic E-state index is 0.0426. The quantitative estimate of drug-likeness (QED) is 0.697. The lowest BCUT2D eigenvalue weighted by atomic mass is 9.77. The summed E-state index contributed by atoms with van der Waals surface area (Å²) in [6.07, 6.45) is 0.949. The van der Waals surface area contributed by atoms with Crippen molar-refractivity contribution in [1.29, 1.82) is 0 Å². The van der Waals surface area contributed by atoms with Gasteiger partial charge in [-0.1, -0.05) is 32.4 Å². The van der Waals surface area contributed by atoms with Gasteiger partial charge in [-0.25, -0.2) is 9.37 Å². The molecule has 1 aromatic carbocycles. The Labute approximate surface area is 187 Å². The number of carbonyl (C=O) groups is 2. The van der Waals surface area contributed by atoms with Crippen LogP contribution in [-0.4, -0.2) is 46.8 Å². The van der Waals surface area contributed by atoms with Crippen LogP contribution >= 0.6 is 11.6 Å². The largest absolute Gasteiger partial charge is 0.359 e. The fourth-order valence-electron chi connectivity index (χ4n) is 4.05. The standard InChI is InChI=1S/C23H30ClFN4O2/c1-23(2,3)15(22(31)26-4)12-19(30)20-18-13-28(5)9-6-10-29(18)21(27-20)14-7-8-16(24)17(25)11-14/h7-8,11,15H,6,9-10,12-13H2,1-5H3,(H,26,31)/t15-/m1/s1. The van der Waals surface area contributed by atoms with Crippen molar-refractivity contribution in [2.45, 2.75) is 46.7 Å². The third-order valence-electron chi connectivity index (χ3n) is 5.85. The topological polar surface area (TPSA) is 67.2 Å². The lowest BCUT2D eigenvalue weighted by Gasteiger charge is -2.28. The number of hydrogen-bond acceptors (Lipinski definition) is 4. The van der Waals surface area contributed by atoms with E-state index in [2.05, 4.69) is 15.2 Å². The minimum atomic E-state index is -0.525. The lowest BCUT2D eigenvalue weighted by Crippen LogP contribution is -2.37. The molecule has 0 saturated heterocycles. The van der Waals surface area contributed by atoms with Gasteiger partial charge in [0.25, 0.3) is 0 Å². The number of fused-ring (bicyclic) bond motifs is 1. The molecule has 1 amide bonds. The SMILES string of the molecule is CNC(=O)[C@@H](CC(=O)c1nc(-c2ccc(Cl)c(F)c2)n2c1CN(C)CCC2)C(C)(C)C. The summed E-state index contributed by atoms with van der Waals surface area (Å²) in [5.41, 5.74) is 1.35. The summed E-state index contributed by atoms with van der Waals surface area (Å²) in [6, 6.07) is 4.56. The fraction of sp³-hybridized carbons (Fsp3) is 0.522. The van der Waals surface area contributed by atoms with Gasteiger partial charge in [0.1, 0.15) is 17.3 Å². The molecule has 6 nitrogen and oxygen atoms in total. The summed E-state index contributed by atoms with van der Waals surface area (Å²) >= 11 is 5.85. The zero-order chi connectivity index (χ0) is 22.9. The van der Waals surface area contributed by atoms with Crippen LogP contribution in [0.25, 0.3) is 11.4 Å². The Kier molecular flexibility index (Phi) is 6.86. The van der Waals surface area contributed by atoms with Crippen molar-refractivity contribution in [2.75, 3.05) is 20.6 Å². The third kappa shape index (κ3) is 4.99. The molecule has 2 aromatic rings. The number of imidazole rings is 1. The van der Waals surface area contributed by atoms with Crippen LogP contribution in [0.2, 0.25) is 5.02 Å². The number of hydrogen-bond donors (Lipinski definition) is 1. The highest BCUT2D eigenvalue weighted by molar-refractivity contribution is 6.30. The molecule has 0 radical (unpaired) electrons. The molecule has 0 fully saturated rings. The molecule has 3 rings (SSSR count). The van der Waals surface area contributed by atoms with Gasteiger partial charge in [-0.15, -0.1) is 0 Å². The van der Waals surface area contributed by atoms with E-state index in [0.717, 1.165) is 18.7 Å². The van der Waals surface area contributed by atoms with E-state index >= 15 is 0 Å². The van der Waals surface area contributed by atoms with Gasteiger partial charge < -0.3 is 14.8 Å². The van der Waals surface area contributed by atoms with Crippen LogP contribution in [-0.2, 0) is 17.9 Å². The maximum absolute atomic E-state index is 14.1. The zero-order valence-electron chi connectivity index (χ0n) is 18.8. The summed E-state index contributed by atoms with van der Waals surface area (Å²) in [4.78, 5) is 32.7. The Hall–Kier alpha value is -2.25. The number of amides is 1. The number of aromatic nitrogens is 2. The Bertz CT molecular complexity index is 996. The van der Waals surface area contributed by atoms with Crippen molar-refractivity contribution in [1.82, 2.24) is 19.8 Å². The van der Waals surface area contributed by atoms with Crippen molar-refractivity contribution in [3.8, 4) is 11.4 Å². The first-order valence-electron chi connectivity index (χ1n) is 10.5. The highest BCUT2D eigenvalue weighted by Gasteiger charge is 2.35. The van der Waals surface area contributed by atoms with E-state index in [4.69, 9.17) is 11.6 Å². The van der Waals surface area contributed by atoms with Crippen LogP contribution in [0, 0.1) is 17.2 Å². The van der Waals surface area contributed by atoms with E-state index < -0.39 is 11.7 Å². The van der Waals surface area contributed by atoms with E-state index in [-0.39, 0.29) is 28.5 Å². The van der Waals surface area contributed by atoms with Crippen molar-refractivity contribution >= 4 is 23.3 Å². The molecule has 1 atom stereocenters. The van der Waals surface area contributed by atoms with Gasteiger partial charge in [0.05, 0.1) is 16.6 Å². The Balaban J connectivity index is 2.07. The van der Waals surface area contributed by atoms with Crippen molar-refractivity contribution in [3.05, 3.63) is 40.4 Å². The second-order valence-electron chi connectivity index (χ2n) is 9.26. The van der Waals surface area contributed by atoms with E-state index in [9.17, 15) is 14.0 Å². The summed E-state index contributed by atoms with van der Waals surface area (Å²) < 4.78 is 16.2. The van der Waals surface area contributed by atoms with Crippen LogP contribution in [0.15, 0.2) is 18.2 Å². The second kappa shape index (κ2) is 9.09. The molecule has 2 heterocycles. The number of nitrogens with zero attached hydrogens (tertiary/aromatic N) is 3. The maximum atomic E-state index is 14.1. The van der Waals surface area contributed by atoms with Gasteiger partial charge in [0, 0.05) is 32.1 Å². The molecule has 1 aliphatic rings. The van der Waals surface area contributed by atoms with Crippen LogP contribution in [0.5, 0.6) is 0 Å². The van der Waals surface area contributed by atoms with Gasteiger partial charge in [-0.05, 0) is 43.6 Å². The molecule has 0 spiro atoms. The Morgan fingerprint density at radius 2 is 2.00 bits per heavy atom. The minimum Gasteiger partial charge on any atom is -0.359 e. The monoisotopic (exact) mass is 448 g/mol. The molecule has 1 aliphatic heterocycles. The Morgan fingerprint density at radius 3 is 2.61 bits per heavy atom. The first-order chi connectivity index (χ1) is 14.5. The normalized spacial score (nSPS) is 15.8. The summed E-state index contributed by atoms with van der Waals surface area (Å²) in [5, 5.41) is 2.71. The van der Waals surface area contributed by atoms with Crippen LogP contribution in [0.1, 0.15) is 49.8 Å². The third-order valence-corrected chi connectivity index (χ3v) is 6.16. The number of Topliss-reactive ketones (excluding diaryl/α,β-unsaturated/α-hetero) is 1. The molecule has 0 bridgehead atoms. The highest BCUT2D eigenvalue weighted by atomic mass is 35.5. The number of rotatable bonds is 5. The van der Waals surface area contributed by atoms with E-state index in [1.165, 1.54) is 12.1 Å². The van der Waals surface area contributed by atoms with Crippen molar-refractivity contribution in [3.63, 3.8) is 0 Å². The number of carbonyl (C=O) groups excluding carboxylic acids is 2. The summed E-state index contributed by atoms with van der Waals surface area (Å²) in [6.45, 7) is 7.96. The number of benzene rings is 1. The van der Waals surface area contributed by atoms with E-state index in [1.54, 1.807) is 13.1 Å². The van der Waals surface area contributed by atoms with E-state index in [1.807, 2.05) is 32.4 Å². The Morgan fingerprint density at radius 1 is 1.29 bits per heavy atom. The maximum Gasteiger partial charge on any atom is 0.223 e. The predicted octanol–water partition coefficient (Wildman–Crippen LogP) is 4.16. The average molecular weight is 449 g/mol. The predicted molar refractivity (Wildman–Crippen MR) is 120 cm³/mol. The van der Waals surface area contributed by atoms with Crippen LogP contribution < -0.4 is 5.32 Å². The smallest absolute Gasteiger partial charge is 0.223 e. The molecule has 1 N–H and O–H groups in total. The molecule has 0 saturated carbocycles. The average Bonchev–Trinajstić information content (AvgIpc) is 2.93. The summed E-state index contributed by atoms with van der Waals surface area (Å²) in [7, 11) is 3.58. The van der Waals surface area contributed by atoms with E-state index in [0.29, 0.717) is 30.2 Å². The van der Waals surface area contributed by atoms with Gasteiger partial charge in [-0.2, -0.15) is 0 Å². The molecule has 168 valence electrons. The first-order valence-corrected chi connectivity index (χ1v) is 10.9.